The molecule has 2 heterocycles. The first-order valence-electron chi connectivity index (χ1n) is 7.64. The zero-order valence-corrected chi connectivity index (χ0v) is 13.0. The summed E-state index contributed by atoms with van der Waals surface area (Å²) in [6.45, 7) is -3.17. The van der Waals surface area contributed by atoms with Gasteiger partial charge in [0.05, 0.1) is 0 Å². The van der Waals surface area contributed by atoms with Crippen LogP contribution in [0.5, 0.6) is 0 Å². The number of nitrogens with zero attached hydrogens (tertiary/aromatic N) is 4. The van der Waals surface area contributed by atoms with Gasteiger partial charge in [-0.15, -0.1) is 0 Å². The number of aromatic nitrogens is 4. The van der Waals surface area contributed by atoms with Gasteiger partial charge in [-0.05, 0) is 18.9 Å². The zero-order chi connectivity index (χ0) is 17.4. The molecule has 0 atom stereocenters. The van der Waals surface area contributed by atoms with E-state index in [4.69, 9.17) is 5.11 Å². The Morgan fingerprint density at radius 2 is 2.04 bits per heavy atom. The molecule has 24 heavy (non-hydrogen) atoms. The minimum absolute atomic E-state index is 0. The van der Waals surface area contributed by atoms with Gasteiger partial charge < -0.3 is 10.4 Å². The SMILES string of the molecule is O=C(NC1CCCCC1)c1ccnc(-n2ccnc2)n1.OC(F)F.[HH]. The molecule has 0 aliphatic heterocycles. The molecule has 0 bridgehead atoms. The fraction of sp³-hybridized carbons (Fsp3) is 0.467. The molecule has 9 heteroatoms. The van der Waals surface area contributed by atoms with Gasteiger partial charge in [0.25, 0.3) is 5.91 Å². The Balaban J connectivity index is 0.000000568. The van der Waals surface area contributed by atoms with Crippen molar-refractivity contribution in [3.05, 3.63) is 36.7 Å². The van der Waals surface area contributed by atoms with Crippen molar-refractivity contribution in [3.8, 4) is 5.95 Å². The van der Waals surface area contributed by atoms with Gasteiger partial charge in [-0.1, -0.05) is 19.3 Å². The maximum Gasteiger partial charge on any atom is 0.342 e. The summed E-state index contributed by atoms with van der Waals surface area (Å²) in [6, 6.07) is 1.92. The van der Waals surface area contributed by atoms with E-state index in [0.717, 1.165) is 12.8 Å². The standard InChI is InChI=1S/C14H17N5O.CH2F2O.H2/c20-13(17-11-4-2-1-3-5-11)12-6-7-16-14(18-12)19-9-8-15-10-19;2-1(3)4;/h6-11H,1-5H2,(H,17,20);1,4H;1H. The highest BCUT2D eigenvalue weighted by Gasteiger charge is 2.17. The third kappa shape index (κ3) is 5.65. The molecule has 1 fully saturated rings. The van der Waals surface area contributed by atoms with E-state index in [2.05, 4.69) is 20.3 Å². The summed E-state index contributed by atoms with van der Waals surface area (Å²) in [6.07, 6.45) is 12.4. The first-order chi connectivity index (χ1) is 11.6. The first-order valence-corrected chi connectivity index (χ1v) is 7.64. The van der Waals surface area contributed by atoms with Crippen molar-refractivity contribution >= 4 is 5.91 Å². The molecule has 1 amide bonds. The number of alkyl halides is 2. The van der Waals surface area contributed by atoms with Crippen LogP contribution in [-0.2, 0) is 0 Å². The average Bonchev–Trinajstić information content (AvgIpc) is 3.10. The Hall–Kier alpha value is -2.42. The van der Waals surface area contributed by atoms with E-state index in [1.54, 1.807) is 35.6 Å². The number of amides is 1. The normalized spacial score (nSPS) is 14.8. The lowest BCUT2D eigenvalue weighted by atomic mass is 9.95. The highest BCUT2D eigenvalue weighted by molar-refractivity contribution is 5.92. The maximum atomic E-state index is 12.2. The van der Waals surface area contributed by atoms with Crippen molar-refractivity contribution < 1.29 is 20.1 Å². The van der Waals surface area contributed by atoms with Gasteiger partial charge in [-0.2, -0.15) is 8.78 Å². The van der Waals surface area contributed by atoms with Gasteiger partial charge in [0.15, 0.2) is 0 Å². The van der Waals surface area contributed by atoms with Crippen molar-refractivity contribution in [1.29, 1.82) is 0 Å². The van der Waals surface area contributed by atoms with E-state index in [1.807, 2.05) is 0 Å². The highest BCUT2D eigenvalue weighted by Crippen LogP contribution is 2.17. The summed E-state index contributed by atoms with van der Waals surface area (Å²) in [7, 11) is 0. The summed E-state index contributed by atoms with van der Waals surface area (Å²) in [5, 5.41) is 9.78. The second-order valence-electron chi connectivity index (χ2n) is 5.30. The smallest absolute Gasteiger partial charge is 0.342 e. The van der Waals surface area contributed by atoms with Crippen molar-refractivity contribution in [1.82, 2.24) is 24.8 Å². The molecule has 0 spiro atoms. The van der Waals surface area contributed by atoms with Gasteiger partial charge in [-0.3, -0.25) is 9.36 Å². The number of hydrogen-bond donors (Lipinski definition) is 2. The Kier molecular flexibility index (Phi) is 6.74. The lowest BCUT2D eigenvalue weighted by molar-refractivity contribution is -0.0728. The van der Waals surface area contributed by atoms with Crippen molar-refractivity contribution in [2.75, 3.05) is 0 Å². The molecule has 2 aromatic rings. The molecular formula is C15H21F2N5O2. The lowest BCUT2D eigenvalue weighted by Crippen LogP contribution is -2.36. The van der Waals surface area contributed by atoms with Crippen LogP contribution in [0.4, 0.5) is 8.78 Å². The van der Waals surface area contributed by atoms with E-state index < -0.39 is 6.61 Å². The monoisotopic (exact) mass is 341 g/mol. The van der Waals surface area contributed by atoms with Gasteiger partial charge >= 0.3 is 6.61 Å². The minimum Gasteiger partial charge on any atom is -0.348 e. The summed E-state index contributed by atoms with van der Waals surface area (Å²) >= 11 is 0. The molecule has 0 aromatic carbocycles. The van der Waals surface area contributed by atoms with Crippen molar-refractivity contribution in [3.63, 3.8) is 0 Å². The number of aliphatic hydroxyl groups excluding tert-OH is 1. The summed E-state index contributed by atoms with van der Waals surface area (Å²) in [4.78, 5) is 24.6. The number of halogens is 2. The number of carbonyl (C=O) groups is 1. The Labute approximate surface area is 139 Å². The average molecular weight is 341 g/mol. The fourth-order valence-electron chi connectivity index (χ4n) is 2.48. The number of imidazole rings is 1. The Morgan fingerprint density at radius 1 is 1.33 bits per heavy atom. The highest BCUT2D eigenvalue weighted by atomic mass is 19.3. The van der Waals surface area contributed by atoms with Gasteiger partial charge in [0, 0.05) is 26.1 Å². The van der Waals surface area contributed by atoms with Crippen LogP contribution in [0.15, 0.2) is 31.0 Å². The van der Waals surface area contributed by atoms with Crippen LogP contribution in [0.2, 0.25) is 0 Å². The Morgan fingerprint density at radius 3 is 2.67 bits per heavy atom. The molecular weight excluding hydrogens is 320 g/mol. The summed E-state index contributed by atoms with van der Waals surface area (Å²) in [5.74, 6) is 0.333. The number of hydrogen-bond acceptors (Lipinski definition) is 5. The van der Waals surface area contributed by atoms with E-state index in [9.17, 15) is 13.6 Å². The zero-order valence-electron chi connectivity index (χ0n) is 13.0. The Bertz CT molecular complexity index is 634. The molecule has 2 N–H and O–H groups in total. The van der Waals surface area contributed by atoms with E-state index in [0.29, 0.717) is 11.6 Å². The molecule has 1 saturated carbocycles. The summed E-state index contributed by atoms with van der Waals surface area (Å²) < 4.78 is 21.5. The number of nitrogens with one attached hydrogen (secondary N) is 1. The van der Waals surface area contributed by atoms with E-state index >= 15 is 0 Å². The fourth-order valence-corrected chi connectivity index (χ4v) is 2.48. The maximum absolute atomic E-state index is 12.2. The first kappa shape index (κ1) is 17.9. The van der Waals surface area contributed by atoms with Crippen LogP contribution in [0.3, 0.4) is 0 Å². The predicted molar refractivity (Wildman–Crippen MR) is 83.8 cm³/mol. The molecule has 0 unspecified atom stereocenters. The van der Waals surface area contributed by atoms with Gasteiger partial charge in [0.1, 0.15) is 12.0 Å². The quantitative estimate of drug-likeness (QED) is 0.892. The number of carbonyl (C=O) groups excluding carboxylic acids is 1. The minimum atomic E-state index is -3.17. The second kappa shape index (κ2) is 9.02. The molecule has 3 rings (SSSR count). The summed E-state index contributed by atoms with van der Waals surface area (Å²) in [5.41, 5.74) is 0.397. The molecule has 1 aliphatic rings. The lowest BCUT2D eigenvalue weighted by Gasteiger charge is -2.22. The van der Waals surface area contributed by atoms with E-state index in [-0.39, 0.29) is 13.4 Å². The molecule has 0 radical (unpaired) electrons. The number of rotatable bonds is 3. The van der Waals surface area contributed by atoms with Crippen LogP contribution < -0.4 is 5.32 Å². The third-order valence-electron chi connectivity index (χ3n) is 3.55. The van der Waals surface area contributed by atoms with Crippen LogP contribution in [0.25, 0.3) is 5.95 Å². The van der Waals surface area contributed by atoms with Crippen molar-refractivity contribution in [2.45, 2.75) is 44.8 Å². The molecule has 1 aliphatic carbocycles. The molecule has 132 valence electrons. The van der Waals surface area contributed by atoms with Gasteiger partial charge in [0.2, 0.25) is 5.95 Å². The van der Waals surface area contributed by atoms with Gasteiger partial charge in [-0.25, -0.2) is 15.0 Å². The second-order valence-corrected chi connectivity index (χ2v) is 5.30. The molecule has 7 nitrogen and oxygen atoms in total. The molecule has 2 aromatic heterocycles. The topological polar surface area (TPSA) is 92.9 Å². The van der Waals surface area contributed by atoms with Crippen LogP contribution in [0.1, 0.15) is 44.0 Å². The van der Waals surface area contributed by atoms with Crippen molar-refractivity contribution in [2.24, 2.45) is 0 Å². The van der Waals surface area contributed by atoms with Crippen LogP contribution >= 0.6 is 0 Å². The molecule has 0 saturated heterocycles. The number of aliphatic hydroxyl groups is 1. The predicted octanol–water partition coefficient (Wildman–Crippen LogP) is 2.17. The largest absolute Gasteiger partial charge is 0.348 e. The third-order valence-corrected chi connectivity index (χ3v) is 3.55. The van der Waals surface area contributed by atoms with E-state index in [1.165, 1.54) is 19.3 Å². The van der Waals surface area contributed by atoms with Crippen LogP contribution in [-0.4, -0.2) is 43.2 Å². The van der Waals surface area contributed by atoms with Crippen LogP contribution in [0, 0.1) is 0 Å².